The first-order valence-corrected chi connectivity index (χ1v) is 11.4. The molecule has 2 N–H and O–H groups in total. The van der Waals surface area contributed by atoms with Gasteiger partial charge in [0.2, 0.25) is 0 Å². The zero-order valence-corrected chi connectivity index (χ0v) is 18.8. The zero-order chi connectivity index (χ0) is 22.7. The molecule has 0 aliphatic heterocycles. The Morgan fingerprint density at radius 1 is 1.16 bits per heavy atom. The summed E-state index contributed by atoms with van der Waals surface area (Å²) in [5.74, 6) is 5.16. The van der Waals surface area contributed by atoms with Gasteiger partial charge in [0.1, 0.15) is 11.4 Å². The average molecular weight is 429 g/mol. The van der Waals surface area contributed by atoms with E-state index in [1.165, 1.54) is 12.7 Å². The molecule has 0 spiro atoms. The molecule has 0 amide bonds. The number of esters is 1. The molecule has 0 heterocycles. The third-order valence-corrected chi connectivity index (χ3v) is 6.03. The summed E-state index contributed by atoms with van der Waals surface area (Å²) >= 11 is 0. The van der Waals surface area contributed by atoms with Crippen LogP contribution in [-0.2, 0) is 20.7 Å². The highest BCUT2D eigenvalue weighted by Gasteiger charge is 2.40. The lowest BCUT2D eigenvalue weighted by Gasteiger charge is -2.19. The van der Waals surface area contributed by atoms with Gasteiger partial charge in [-0.05, 0) is 44.6 Å². The summed E-state index contributed by atoms with van der Waals surface area (Å²) in [6, 6.07) is 10.1. The van der Waals surface area contributed by atoms with Crippen molar-refractivity contribution in [3.8, 4) is 11.8 Å². The molecule has 4 atom stereocenters. The summed E-state index contributed by atoms with van der Waals surface area (Å²) < 4.78 is 4.63. The van der Waals surface area contributed by atoms with Crippen LogP contribution < -0.4 is 0 Å². The van der Waals surface area contributed by atoms with E-state index in [0.29, 0.717) is 19.3 Å². The number of aliphatic hydroxyl groups excluding tert-OH is 1. The standard InChI is InChI=1S/C26H36O5/c1-26(30,17-10-13-20-11-6-5-7-12-20)18-16-22-21(23(27)19-24(22)28)14-8-3-4-9-15-25(29)31-2/h5-7,11-12,21-22,24,28,30H,3-4,8-10,13-15,17,19H2,1-2H3/t21-,22-,24+,26+/m1/s1. The Hall–Kier alpha value is -2.16. The van der Waals surface area contributed by atoms with E-state index in [1.54, 1.807) is 6.92 Å². The molecule has 0 radical (unpaired) electrons. The molecule has 0 unspecified atom stereocenters. The van der Waals surface area contributed by atoms with Gasteiger partial charge in [0.25, 0.3) is 0 Å². The van der Waals surface area contributed by atoms with Gasteiger partial charge < -0.3 is 14.9 Å². The SMILES string of the molecule is COC(=O)CCCCCC[C@H]1C(=O)C[C@H](O)[C@@H]1C#C[C@@](C)(O)CCCc1ccccc1. The van der Waals surface area contributed by atoms with E-state index in [0.717, 1.165) is 38.5 Å². The third kappa shape index (κ3) is 8.85. The van der Waals surface area contributed by atoms with Gasteiger partial charge in [-0.2, -0.15) is 0 Å². The monoisotopic (exact) mass is 428 g/mol. The van der Waals surface area contributed by atoms with Crippen LogP contribution >= 0.6 is 0 Å². The van der Waals surface area contributed by atoms with Crippen molar-refractivity contribution in [2.75, 3.05) is 7.11 Å². The van der Waals surface area contributed by atoms with Crippen molar-refractivity contribution in [3.63, 3.8) is 0 Å². The first-order chi connectivity index (χ1) is 14.8. The molecule has 0 bridgehead atoms. The largest absolute Gasteiger partial charge is 0.469 e. The molecule has 1 aliphatic rings. The lowest BCUT2D eigenvalue weighted by molar-refractivity contribution is -0.140. The second-order valence-corrected chi connectivity index (χ2v) is 8.78. The number of aryl methyl sites for hydroxylation is 1. The number of methoxy groups -OCH3 is 1. The van der Waals surface area contributed by atoms with Gasteiger partial charge in [0.05, 0.1) is 19.1 Å². The van der Waals surface area contributed by atoms with Gasteiger partial charge in [-0.25, -0.2) is 0 Å². The Labute approximate surface area is 186 Å². The summed E-state index contributed by atoms with van der Waals surface area (Å²) in [7, 11) is 1.39. The Morgan fingerprint density at radius 3 is 2.58 bits per heavy atom. The van der Waals surface area contributed by atoms with Crippen molar-refractivity contribution in [1.82, 2.24) is 0 Å². The fourth-order valence-electron chi connectivity index (χ4n) is 4.16. The average Bonchev–Trinajstić information content (AvgIpc) is 3.01. The first kappa shape index (κ1) is 25.1. The van der Waals surface area contributed by atoms with Crippen molar-refractivity contribution >= 4 is 11.8 Å². The third-order valence-electron chi connectivity index (χ3n) is 6.03. The normalized spacial score (nSPS) is 22.5. The van der Waals surface area contributed by atoms with Crippen LogP contribution in [0.3, 0.4) is 0 Å². The maximum atomic E-state index is 12.3. The van der Waals surface area contributed by atoms with Crippen LogP contribution in [0.2, 0.25) is 0 Å². The van der Waals surface area contributed by atoms with Crippen LogP contribution in [0.5, 0.6) is 0 Å². The fourth-order valence-corrected chi connectivity index (χ4v) is 4.16. The van der Waals surface area contributed by atoms with E-state index in [1.807, 2.05) is 18.2 Å². The number of hydrogen-bond donors (Lipinski definition) is 2. The molecule has 31 heavy (non-hydrogen) atoms. The molecule has 2 rings (SSSR count). The maximum absolute atomic E-state index is 12.3. The molecule has 1 aromatic carbocycles. The predicted molar refractivity (Wildman–Crippen MR) is 120 cm³/mol. The Morgan fingerprint density at radius 2 is 1.87 bits per heavy atom. The molecule has 0 saturated heterocycles. The summed E-state index contributed by atoms with van der Waals surface area (Å²) in [5.41, 5.74) is 0.0909. The highest BCUT2D eigenvalue weighted by atomic mass is 16.5. The van der Waals surface area contributed by atoms with Gasteiger partial charge >= 0.3 is 5.97 Å². The van der Waals surface area contributed by atoms with E-state index in [-0.39, 0.29) is 24.1 Å². The van der Waals surface area contributed by atoms with Gasteiger partial charge in [-0.1, -0.05) is 61.4 Å². The molecule has 0 aromatic heterocycles. The number of carbonyl (C=O) groups is 2. The van der Waals surface area contributed by atoms with Gasteiger partial charge in [0, 0.05) is 18.8 Å². The molecule has 5 heteroatoms. The summed E-state index contributed by atoms with van der Waals surface area (Å²) in [4.78, 5) is 23.5. The molecule has 5 nitrogen and oxygen atoms in total. The van der Waals surface area contributed by atoms with E-state index in [2.05, 4.69) is 28.7 Å². The smallest absolute Gasteiger partial charge is 0.305 e. The van der Waals surface area contributed by atoms with Crippen molar-refractivity contribution in [1.29, 1.82) is 0 Å². The second-order valence-electron chi connectivity index (χ2n) is 8.78. The highest BCUT2D eigenvalue weighted by molar-refractivity contribution is 5.85. The highest BCUT2D eigenvalue weighted by Crippen LogP contribution is 2.33. The number of benzene rings is 1. The number of hydrogen-bond acceptors (Lipinski definition) is 5. The second kappa shape index (κ2) is 12.6. The molecular formula is C26H36O5. The van der Waals surface area contributed by atoms with Crippen molar-refractivity contribution < 1.29 is 24.5 Å². The van der Waals surface area contributed by atoms with Gasteiger partial charge in [-0.3, -0.25) is 9.59 Å². The summed E-state index contributed by atoms with van der Waals surface area (Å²) in [5, 5.41) is 21.0. The molecule has 170 valence electrons. The van der Waals surface area contributed by atoms with E-state index in [9.17, 15) is 19.8 Å². The van der Waals surface area contributed by atoms with Crippen molar-refractivity contribution in [3.05, 3.63) is 35.9 Å². The molecule has 1 aromatic rings. The quantitative estimate of drug-likeness (QED) is 0.318. The number of Topliss-reactive ketones (excluding diaryl/α,β-unsaturated/α-hetero) is 1. The first-order valence-electron chi connectivity index (χ1n) is 11.4. The molecule has 1 aliphatic carbocycles. The number of carbonyl (C=O) groups excluding carboxylic acids is 2. The van der Waals surface area contributed by atoms with Crippen molar-refractivity contribution in [2.24, 2.45) is 11.8 Å². The number of aliphatic hydroxyl groups is 2. The zero-order valence-electron chi connectivity index (χ0n) is 18.8. The minimum atomic E-state index is -1.14. The van der Waals surface area contributed by atoms with Crippen LogP contribution in [0.25, 0.3) is 0 Å². The van der Waals surface area contributed by atoms with Gasteiger partial charge in [-0.15, -0.1) is 0 Å². The number of ether oxygens (including phenoxy) is 1. The Balaban J connectivity index is 1.81. The molecule has 1 fully saturated rings. The molecule has 1 saturated carbocycles. The minimum absolute atomic E-state index is 0.0603. The van der Waals surface area contributed by atoms with Crippen LogP contribution in [0, 0.1) is 23.7 Å². The Kier molecular flexibility index (Phi) is 10.2. The van der Waals surface area contributed by atoms with E-state index in [4.69, 9.17) is 0 Å². The predicted octanol–water partition coefficient (Wildman–Crippen LogP) is 3.84. The minimum Gasteiger partial charge on any atom is -0.469 e. The van der Waals surface area contributed by atoms with Crippen LogP contribution in [0.1, 0.15) is 70.3 Å². The topological polar surface area (TPSA) is 83.8 Å². The molecular weight excluding hydrogens is 392 g/mol. The van der Waals surface area contributed by atoms with Crippen LogP contribution in [-0.4, -0.2) is 40.8 Å². The number of unbranched alkanes of at least 4 members (excludes halogenated alkanes) is 3. The van der Waals surface area contributed by atoms with Crippen LogP contribution in [0.4, 0.5) is 0 Å². The maximum Gasteiger partial charge on any atom is 0.305 e. The number of rotatable bonds is 11. The summed E-state index contributed by atoms with van der Waals surface area (Å²) in [6.07, 6.45) is 6.19. The van der Waals surface area contributed by atoms with E-state index >= 15 is 0 Å². The Bertz CT molecular complexity index is 759. The van der Waals surface area contributed by atoms with E-state index < -0.39 is 17.6 Å². The lowest BCUT2D eigenvalue weighted by atomic mass is 9.88. The van der Waals surface area contributed by atoms with Crippen LogP contribution in [0.15, 0.2) is 30.3 Å². The summed E-state index contributed by atoms with van der Waals surface area (Å²) in [6.45, 7) is 1.70. The number of ketones is 1. The van der Waals surface area contributed by atoms with Gasteiger partial charge in [0.15, 0.2) is 0 Å². The fraction of sp³-hybridized carbons (Fsp3) is 0.615. The van der Waals surface area contributed by atoms with Crippen molar-refractivity contribution in [2.45, 2.75) is 82.8 Å². The lowest BCUT2D eigenvalue weighted by Crippen LogP contribution is -2.24.